The van der Waals surface area contributed by atoms with Gasteiger partial charge in [0.25, 0.3) is 5.91 Å². The number of benzene rings is 2. The summed E-state index contributed by atoms with van der Waals surface area (Å²) in [5, 5.41) is 3.46. The van der Waals surface area contributed by atoms with Crippen molar-refractivity contribution < 1.29 is 19.1 Å². The maximum Gasteiger partial charge on any atom is 0.341 e. The summed E-state index contributed by atoms with van der Waals surface area (Å²) in [5.74, 6) is -0.0357. The van der Waals surface area contributed by atoms with E-state index < -0.39 is 0 Å². The molecule has 0 radical (unpaired) electrons. The topological polar surface area (TPSA) is 64.6 Å². The number of rotatable bonds is 8. The number of hydrogen-bond donors (Lipinski definition) is 1. The average Bonchev–Trinajstić information content (AvgIpc) is 3.21. The fourth-order valence-corrected chi connectivity index (χ4v) is 5.67. The third-order valence-corrected chi connectivity index (χ3v) is 7.55. The molecule has 3 aromatic rings. The molecule has 6 heteroatoms. The number of thiophene rings is 1. The molecule has 0 atom stereocenters. The van der Waals surface area contributed by atoms with E-state index >= 15 is 0 Å². The summed E-state index contributed by atoms with van der Waals surface area (Å²) < 4.78 is 11.0. The highest BCUT2D eigenvalue weighted by Gasteiger charge is 2.27. The fourth-order valence-electron chi connectivity index (χ4n) is 4.37. The van der Waals surface area contributed by atoms with Crippen LogP contribution in [0.3, 0.4) is 0 Å². The number of aryl methyl sites for hydroxylation is 1. The normalized spacial score (nSPS) is 13.1. The maximum atomic E-state index is 12.7. The summed E-state index contributed by atoms with van der Waals surface area (Å²) in [5.41, 5.74) is 3.81. The van der Waals surface area contributed by atoms with E-state index in [0.717, 1.165) is 31.2 Å². The molecule has 0 unspecified atom stereocenters. The predicted molar refractivity (Wildman–Crippen MR) is 136 cm³/mol. The van der Waals surface area contributed by atoms with Crippen LogP contribution in [0.5, 0.6) is 5.75 Å². The molecule has 0 bridgehead atoms. The molecular formula is C28H31NO4S. The fraction of sp³-hybridized carbons (Fsp3) is 0.357. The largest absolute Gasteiger partial charge is 0.484 e. The molecule has 34 heavy (non-hydrogen) atoms. The molecule has 1 amide bonds. The first kappa shape index (κ1) is 24.0. The maximum absolute atomic E-state index is 12.7. The molecule has 178 valence electrons. The van der Waals surface area contributed by atoms with Gasteiger partial charge in [0.1, 0.15) is 10.8 Å². The van der Waals surface area contributed by atoms with Crippen LogP contribution in [0.1, 0.15) is 65.5 Å². The van der Waals surface area contributed by atoms with Gasteiger partial charge in [0.2, 0.25) is 0 Å². The lowest BCUT2D eigenvalue weighted by Crippen LogP contribution is -2.21. The predicted octanol–water partition coefficient (Wildman–Crippen LogP) is 6.15. The van der Waals surface area contributed by atoms with Crippen molar-refractivity contribution in [1.82, 2.24) is 0 Å². The lowest BCUT2D eigenvalue weighted by Gasteiger charge is -2.26. The van der Waals surface area contributed by atoms with E-state index in [-0.39, 0.29) is 23.9 Å². The van der Waals surface area contributed by atoms with Crippen LogP contribution in [-0.4, -0.2) is 25.1 Å². The number of esters is 1. The zero-order chi connectivity index (χ0) is 24.1. The summed E-state index contributed by atoms with van der Waals surface area (Å²) in [6.07, 6.45) is 3.93. The average molecular weight is 478 g/mol. The number of nitrogens with one attached hydrogen (secondary N) is 1. The number of hydrogen-bond acceptors (Lipinski definition) is 5. The van der Waals surface area contributed by atoms with Gasteiger partial charge in [0.05, 0.1) is 12.2 Å². The van der Waals surface area contributed by atoms with Crippen LogP contribution in [0.2, 0.25) is 0 Å². The van der Waals surface area contributed by atoms with Crippen LogP contribution >= 0.6 is 11.3 Å². The molecule has 1 aliphatic rings. The molecule has 2 aromatic carbocycles. The van der Waals surface area contributed by atoms with E-state index in [0.29, 0.717) is 22.9 Å². The Bertz CT molecular complexity index is 1150. The first-order valence-electron chi connectivity index (χ1n) is 11.8. The third-order valence-electron chi connectivity index (χ3n) is 6.35. The van der Waals surface area contributed by atoms with Gasteiger partial charge in [0, 0.05) is 10.3 Å². The summed E-state index contributed by atoms with van der Waals surface area (Å²) >= 11 is 1.48. The Morgan fingerprint density at radius 1 is 0.971 bits per heavy atom. The highest BCUT2D eigenvalue weighted by molar-refractivity contribution is 7.17. The van der Waals surface area contributed by atoms with Gasteiger partial charge in [-0.3, -0.25) is 4.79 Å². The molecule has 0 saturated carbocycles. The number of carbonyl (C=O) groups excluding carboxylic acids is 2. The van der Waals surface area contributed by atoms with Crippen LogP contribution in [0.15, 0.2) is 54.6 Å². The van der Waals surface area contributed by atoms with Crippen molar-refractivity contribution in [3.8, 4) is 5.75 Å². The number of ether oxygens (including phenoxy) is 2. The first-order valence-corrected chi connectivity index (χ1v) is 12.6. The van der Waals surface area contributed by atoms with Gasteiger partial charge in [-0.1, -0.05) is 56.3 Å². The second kappa shape index (κ2) is 10.4. The van der Waals surface area contributed by atoms with Crippen molar-refractivity contribution in [3.05, 3.63) is 81.7 Å². The van der Waals surface area contributed by atoms with Crippen molar-refractivity contribution in [2.75, 3.05) is 18.5 Å². The summed E-state index contributed by atoms with van der Waals surface area (Å²) in [6.45, 7) is 6.33. The molecule has 1 N–H and O–H groups in total. The van der Waals surface area contributed by atoms with E-state index in [1.165, 1.54) is 27.3 Å². The number of amides is 1. The van der Waals surface area contributed by atoms with Gasteiger partial charge in [-0.05, 0) is 61.4 Å². The SMILES string of the molecule is CCOC(=O)c1c(NC(=O)COc2ccc(C(C)(C)c3ccccc3)cc2)sc2c1CCCC2. The minimum Gasteiger partial charge on any atom is -0.484 e. The second-order valence-corrected chi connectivity index (χ2v) is 10.1. The molecule has 1 aliphatic carbocycles. The van der Waals surface area contributed by atoms with Gasteiger partial charge >= 0.3 is 5.97 Å². The molecule has 5 nitrogen and oxygen atoms in total. The highest BCUT2D eigenvalue weighted by atomic mass is 32.1. The Hall–Kier alpha value is -3.12. The van der Waals surface area contributed by atoms with Crippen molar-refractivity contribution in [2.24, 2.45) is 0 Å². The standard InChI is InChI=1S/C28H31NO4S/c1-4-32-27(31)25-22-12-8-9-13-23(22)34-26(25)29-24(30)18-33-21-16-14-20(15-17-21)28(2,3)19-10-6-5-7-11-19/h5-7,10-11,14-17H,4,8-9,12-13,18H2,1-3H3,(H,29,30). The van der Waals surface area contributed by atoms with Crippen molar-refractivity contribution in [1.29, 1.82) is 0 Å². The smallest absolute Gasteiger partial charge is 0.341 e. The lowest BCUT2D eigenvalue weighted by molar-refractivity contribution is -0.118. The molecule has 0 spiro atoms. The van der Waals surface area contributed by atoms with E-state index in [1.54, 1.807) is 6.92 Å². The summed E-state index contributed by atoms with van der Waals surface area (Å²) in [4.78, 5) is 26.4. The van der Waals surface area contributed by atoms with Gasteiger partial charge in [0.15, 0.2) is 6.61 Å². The van der Waals surface area contributed by atoms with E-state index in [9.17, 15) is 9.59 Å². The Kier molecular flexibility index (Phi) is 7.37. The van der Waals surface area contributed by atoms with Crippen molar-refractivity contribution >= 4 is 28.2 Å². The molecule has 0 saturated heterocycles. The number of carbonyl (C=O) groups is 2. The van der Waals surface area contributed by atoms with Crippen LogP contribution < -0.4 is 10.1 Å². The van der Waals surface area contributed by atoms with Crippen molar-refractivity contribution in [3.63, 3.8) is 0 Å². The van der Waals surface area contributed by atoms with E-state index in [2.05, 4.69) is 31.3 Å². The van der Waals surface area contributed by atoms with Crippen LogP contribution in [0.4, 0.5) is 5.00 Å². The van der Waals surface area contributed by atoms with Crippen LogP contribution in [0.25, 0.3) is 0 Å². The Morgan fingerprint density at radius 2 is 1.65 bits per heavy atom. The molecule has 4 rings (SSSR count). The van der Waals surface area contributed by atoms with Crippen LogP contribution in [0, 0.1) is 0 Å². The zero-order valence-corrected chi connectivity index (χ0v) is 20.8. The minimum atomic E-state index is -0.366. The molecule has 1 aromatic heterocycles. The van der Waals surface area contributed by atoms with Gasteiger partial charge in [-0.2, -0.15) is 0 Å². The van der Waals surface area contributed by atoms with E-state index in [4.69, 9.17) is 9.47 Å². The van der Waals surface area contributed by atoms with Gasteiger partial charge < -0.3 is 14.8 Å². The van der Waals surface area contributed by atoms with Gasteiger partial charge in [-0.15, -0.1) is 11.3 Å². The van der Waals surface area contributed by atoms with Gasteiger partial charge in [-0.25, -0.2) is 4.79 Å². The van der Waals surface area contributed by atoms with Crippen LogP contribution in [-0.2, 0) is 27.8 Å². The zero-order valence-electron chi connectivity index (χ0n) is 20.0. The molecule has 1 heterocycles. The highest BCUT2D eigenvalue weighted by Crippen LogP contribution is 2.38. The quantitative estimate of drug-likeness (QED) is 0.395. The number of fused-ring (bicyclic) bond motifs is 1. The molecule has 0 fully saturated rings. The first-order chi connectivity index (χ1) is 16.4. The number of anilines is 1. The molecule has 0 aliphatic heterocycles. The Morgan fingerprint density at radius 3 is 2.35 bits per heavy atom. The van der Waals surface area contributed by atoms with E-state index in [1.807, 2.05) is 42.5 Å². The monoisotopic (exact) mass is 477 g/mol. The molecular weight excluding hydrogens is 446 g/mol. The Balaban J connectivity index is 1.41. The summed E-state index contributed by atoms with van der Waals surface area (Å²) in [7, 11) is 0. The van der Waals surface area contributed by atoms with Crippen molar-refractivity contribution in [2.45, 2.75) is 51.9 Å². The second-order valence-electron chi connectivity index (χ2n) is 8.99. The Labute approximate surface area is 205 Å². The lowest BCUT2D eigenvalue weighted by atomic mass is 9.78. The minimum absolute atomic E-state index is 0.133. The third kappa shape index (κ3) is 5.17. The summed E-state index contributed by atoms with van der Waals surface area (Å²) in [6, 6.07) is 18.2.